The van der Waals surface area contributed by atoms with Gasteiger partial charge in [0.2, 0.25) is 5.91 Å². The molecule has 0 fully saturated rings. The van der Waals surface area contributed by atoms with Crippen LogP contribution in [0, 0.1) is 0 Å². The molecule has 0 spiro atoms. The number of primary amides is 1. The summed E-state index contributed by atoms with van der Waals surface area (Å²) in [5.74, 6) is -0.566. The molecule has 0 aromatic rings. The van der Waals surface area contributed by atoms with E-state index >= 15 is 0 Å². The van der Waals surface area contributed by atoms with Crippen LogP contribution in [0.2, 0.25) is 0 Å². The lowest BCUT2D eigenvalue weighted by Crippen LogP contribution is -2.36. The molecule has 5 N–H and O–H groups in total. The Bertz CT molecular complexity index is 222. The van der Waals surface area contributed by atoms with E-state index in [0.29, 0.717) is 5.57 Å². The zero-order valence-electron chi connectivity index (χ0n) is 7.73. The molecule has 0 unspecified atom stereocenters. The zero-order chi connectivity index (χ0) is 10.3. The van der Waals surface area contributed by atoms with Gasteiger partial charge in [-0.1, -0.05) is 19.1 Å². The average molecular weight is 184 g/mol. The lowest BCUT2D eigenvalue weighted by molar-refractivity contribution is -0.119. The molecule has 0 aliphatic rings. The quantitative estimate of drug-likeness (QED) is 0.431. The van der Waals surface area contributed by atoms with Gasteiger partial charge in [-0.2, -0.15) is 0 Å². The second kappa shape index (κ2) is 6.25. The highest BCUT2D eigenvalue weighted by molar-refractivity contribution is 5.79. The molecule has 4 heteroatoms. The lowest BCUT2D eigenvalue weighted by Gasteiger charge is -2.06. The van der Waals surface area contributed by atoms with Crippen molar-refractivity contribution < 1.29 is 9.90 Å². The van der Waals surface area contributed by atoms with E-state index in [9.17, 15) is 4.79 Å². The van der Waals surface area contributed by atoms with Crippen LogP contribution in [0.1, 0.15) is 19.8 Å². The molecule has 4 nitrogen and oxygen atoms in total. The van der Waals surface area contributed by atoms with E-state index in [1.165, 1.54) is 0 Å². The lowest BCUT2D eigenvalue weighted by atomic mass is 10.1. The molecule has 0 heterocycles. The Morgan fingerprint density at radius 1 is 1.62 bits per heavy atom. The topological polar surface area (TPSA) is 89.3 Å². The molecule has 0 aromatic heterocycles. The van der Waals surface area contributed by atoms with Gasteiger partial charge >= 0.3 is 0 Å². The Labute approximate surface area is 77.9 Å². The fraction of sp³-hybridized carbons (Fsp3) is 0.444. The monoisotopic (exact) mass is 184 g/mol. The van der Waals surface area contributed by atoms with Crippen LogP contribution in [0.3, 0.4) is 0 Å². The number of hydrogen-bond acceptors (Lipinski definition) is 3. The zero-order valence-corrected chi connectivity index (χ0v) is 7.73. The van der Waals surface area contributed by atoms with Crippen LogP contribution in [-0.2, 0) is 4.79 Å². The molecule has 0 rings (SSSR count). The van der Waals surface area contributed by atoms with E-state index < -0.39 is 11.9 Å². The number of rotatable bonds is 5. The fourth-order valence-corrected chi connectivity index (χ4v) is 0.788. The fourth-order valence-electron chi connectivity index (χ4n) is 0.788. The first-order chi connectivity index (χ1) is 6.11. The summed E-state index contributed by atoms with van der Waals surface area (Å²) < 4.78 is 0. The van der Waals surface area contributed by atoms with Gasteiger partial charge in [0.05, 0.1) is 12.3 Å². The number of aliphatic hydroxyl groups is 1. The number of nitrogens with two attached hydrogens (primary N) is 2. The third-order valence-electron chi connectivity index (χ3n) is 1.55. The van der Waals surface area contributed by atoms with Crippen molar-refractivity contribution in [3.63, 3.8) is 0 Å². The van der Waals surface area contributed by atoms with Crippen LogP contribution >= 0.6 is 0 Å². The molecule has 74 valence electrons. The van der Waals surface area contributed by atoms with E-state index in [4.69, 9.17) is 16.6 Å². The predicted octanol–water partition coefficient (Wildman–Crippen LogP) is 0.597. The van der Waals surface area contributed by atoms with Crippen LogP contribution in [0.5, 0.6) is 0 Å². The van der Waals surface area contributed by atoms with Gasteiger partial charge in [-0.05, 0) is 18.4 Å². The first kappa shape index (κ1) is 11.7. The van der Waals surface area contributed by atoms with Gasteiger partial charge in [0.1, 0.15) is 0 Å². The molecule has 0 saturated heterocycles. The maximum atomic E-state index is 10.6. The summed E-state index contributed by atoms with van der Waals surface area (Å²) in [5, 5.41) is 8.76. The summed E-state index contributed by atoms with van der Waals surface area (Å²) in [7, 11) is 0. The summed E-state index contributed by atoms with van der Waals surface area (Å²) in [6.07, 6.45) is 5.67. The molecule has 1 atom stereocenters. The van der Waals surface area contributed by atoms with E-state index in [1.54, 1.807) is 6.08 Å². The molecule has 0 aliphatic carbocycles. The van der Waals surface area contributed by atoms with E-state index in [1.807, 2.05) is 13.0 Å². The van der Waals surface area contributed by atoms with Crippen molar-refractivity contribution in [3.05, 3.63) is 24.0 Å². The summed E-state index contributed by atoms with van der Waals surface area (Å²) in [6, 6.07) is -0.736. The second-order valence-corrected chi connectivity index (χ2v) is 2.73. The largest absolute Gasteiger partial charge is 0.515 e. The van der Waals surface area contributed by atoms with E-state index in [2.05, 4.69) is 0 Å². The second-order valence-electron chi connectivity index (χ2n) is 2.73. The molecule has 13 heavy (non-hydrogen) atoms. The Balaban J connectivity index is 4.15. The Hall–Kier alpha value is -1.29. The number of hydrogen-bond donors (Lipinski definition) is 3. The van der Waals surface area contributed by atoms with Gasteiger partial charge in [-0.25, -0.2) is 0 Å². The number of carbonyl (C=O) groups is 1. The molecular weight excluding hydrogens is 168 g/mol. The molecule has 1 amide bonds. The van der Waals surface area contributed by atoms with Crippen molar-refractivity contribution in [1.29, 1.82) is 0 Å². The molecule has 0 saturated carbocycles. The minimum atomic E-state index is -0.736. The highest BCUT2D eigenvalue weighted by atomic mass is 16.2. The maximum Gasteiger partial charge on any atom is 0.234 e. The van der Waals surface area contributed by atoms with Gasteiger partial charge in [-0.3, -0.25) is 4.79 Å². The SMILES string of the molecule is CC/C=C\C(=CO)C[C@H](N)C(N)=O. The molecule has 0 radical (unpaired) electrons. The van der Waals surface area contributed by atoms with Gasteiger partial charge in [0, 0.05) is 0 Å². The normalized spacial score (nSPS) is 14.8. The average Bonchev–Trinajstić information content (AvgIpc) is 2.11. The standard InChI is InChI=1S/C9H16N2O2/c1-2-3-4-7(6-12)5-8(10)9(11)13/h3-4,6,8,12H,2,5,10H2,1H3,(H2,11,13)/b4-3-,7-6?/t8-/m0/s1. The minimum Gasteiger partial charge on any atom is -0.515 e. The molecular formula is C9H16N2O2. The minimum absolute atomic E-state index is 0.266. The van der Waals surface area contributed by atoms with Crippen molar-refractivity contribution >= 4 is 5.91 Å². The van der Waals surface area contributed by atoms with Gasteiger partial charge in [0.25, 0.3) is 0 Å². The van der Waals surface area contributed by atoms with Gasteiger partial charge < -0.3 is 16.6 Å². The summed E-state index contributed by atoms with van der Waals surface area (Å²) in [5.41, 5.74) is 11.0. The summed E-state index contributed by atoms with van der Waals surface area (Å²) in [6.45, 7) is 1.97. The third-order valence-corrected chi connectivity index (χ3v) is 1.55. The van der Waals surface area contributed by atoms with Crippen LogP contribution in [0.25, 0.3) is 0 Å². The Morgan fingerprint density at radius 2 is 2.23 bits per heavy atom. The molecule has 0 aliphatic heterocycles. The van der Waals surface area contributed by atoms with E-state index in [0.717, 1.165) is 12.7 Å². The van der Waals surface area contributed by atoms with Crippen molar-refractivity contribution in [2.24, 2.45) is 11.5 Å². The van der Waals surface area contributed by atoms with Gasteiger partial charge in [-0.15, -0.1) is 0 Å². The van der Waals surface area contributed by atoms with Crippen molar-refractivity contribution in [3.8, 4) is 0 Å². The van der Waals surface area contributed by atoms with Gasteiger partial charge in [0.15, 0.2) is 0 Å². The van der Waals surface area contributed by atoms with Crippen LogP contribution < -0.4 is 11.5 Å². The predicted molar refractivity (Wildman–Crippen MR) is 51.9 cm³/mol. The summed E-state index contributed by atoms with van der Waals surface area (Å²) in [4.78, 5) is 10.6. The number of aliphatic hydroxyl groups excluding tert-OH is 1. The first-order valence-corrected chi connectivity index (χ1v) is 4.16. The smallest absolute Gasteiger partial charge is 0.234 e. The third kappa shape index (κ3) is 5.03. The van der Waals surface area contributed by atoms with Crippen LogP contribution in [-0.4, -0.2) is 17.1 Å². The van der Waals surface area contributed by atoms with E-state index in [-0.39, 0.29) is 6.42 Å². The number of carbonyl (C=O) groups excluding carboxylic acids is 1. The van der Waals surface area contributed by atoms with Crippen LogP contribution in [0.15, 0.2) is 24.0 Å². The number of amides is 1. The highest BCUT2D eigenvalue weighted by Gasteiger charge is 2.09. The van der Waals surface area contributed by atoms with Crippen LogP contribution in [0.4, 0.5) is 0 Å². The van der Waals surface area contributed by atoms with Crippen molar-refractivity contribution in [2.75, 3.05) is 0 Å². The first-order valence-electron chi connectivity index (χ1n) is 4.16. The Morgan fingerprint density at radius 3 is 2.62 bits per heavy atom. The van der Waals surface area contributed by atoms with Crippen molar-refractivity contribution in [1.82, 2.24) is 0 Å². The maximum absolute atomic E-state index is 10.6. The van der Waals surface area contributed by atoms with Crippen molar-refractivity contribution in [2.45, 2.75) is 25.8 Å². The molecule has 0 bridgehead atoms. The Kier molecular flexibility index (Phi) is 5.63. The summed E-state index contributed by atoms with van der Waals surface area (Å²) >= 11 is 0. The molecule has 0 aromatic carbocycles. The number of allylic oxidation sites excluding steroid dienone is 2. The highest BCUT2D eigenvalue weighted by Crippen LogP contribution is 2.05.